The molecule has 2 aromatic rings. The molecule has 6 heteroatoms. The highest BCUT2D eigenvalue weighted by Crippen LogP contribution is 2.22. The van der Waals surface area contributed by atoms with Gasteiger partial charge < -0.3 is 4.90 Å². The largest absolute Gasteiger partial charge is 0.340 e. The van der Waals surface area contributed by atoms with Gasteiger partial charge in [0.05, 0.1) is 10.7 Å². The summed E-state index contributed by atoms with van der Waals surface area (Å²) in [6, 6.07) is 1.84. The van der Waals surface area contributed by atoms with Crippen LogP contribution in [0.1, 0.15) is 0 Å². The Morgan fingerprint density at radius 1 is 1.29 bits per heavy atom. The molecule has 0 N–H and O–H groups in total. The second kappa shape index (κ2) is 4.44. The lowest BCUT2D eigenvalue weighted by Crippen LogP contribution is -2.49. The van der Waals surface area contributed by atoms with Crippen molar-refractivity contribution in [2.45, 2.75) is 6.54 Å². The Labute approximate surface area is 108 Å². The smallest absolute Gasteiger partial charge is 0.225 e. The first-order valence-electron chi connectivity index (χ1n) is 5.51. The predicted molar refractivity (Wildman–Crippen MR) is 67.7 cm³/mol. The summed E-state index contributed by atoms with van der Waals surface area (Å²) in [4.78, 5) is 10.6. The van der Waals surface area contributed by atoms with Gasteiger partial charge in [-0.25, -0.2) is 9.97 Å². The van der Waals surface area contributed by atoms with Gasteiger partial charge >= 0.3 is 0 Å². The first-order valence-corrected chi connectivity index (χ1v) is 6.30. The van der Waals surface area contributed by atoms with Crippen molar-refractivity contribution in [1.82, 2.24) is 19.7 Å². The minimum absolute atomic E-state index is 0.630. The van der Waals surface area contributed by atoms with Gasteiger partial charge in [-0.15, -0.1) is 0 Å². The third-order valence-electron chi connectivity index (χ3n) is 2.84. The van der Waals surface area contributed by atoms with Crippen LogP contribution in [0.2, 0.25) is 0 Å². The van der Waals surface area contributed by atoms with E-state index in [2.05, 4.69) is 35.9 Å². The standard InChI is InChI=1S/C11H12BrN5/c12-10-4-15-17(8-10)7-9-5-16(6-9)11-13-2-1-3-14-11/h1-4,8-9H,5-7H2. The van der Waals surface area contributed by atoms with Crippen LogP contribution in [0.25, 0.3) is 0 Å². The third kappa shape index (κ3) is 2.31. The van der Waals surface area contributed by atoms with Crippen molar-refractivity contribution in [1.29, 1.82) is 0 Å². The highest BCUT2D eigenvalue weighted by molar-refractivity contribution is 9.10. The van der Waals surface area contributed by atoms with Gasteiger partial charge in [-0.05, 0) is 22.0 Å². The van der Waals surface area contributed by atoms with Crippen LogP contribution in [0.4, 0.5) is 5.95 Å². The number of aromatic nitrogens is 4. The SMILES string of the molecule is Brc1cnn(CC2CN(c3ncccn3)C2)c1. The van der Waals surface area contributed by atoms with Gasteiger partial charge in [-0.2, -0.15) is 5.10 Å². The number of hydrogen-bond donors (Lipinski definition) is 0. The molecule has 0 spiro atoms. The van der Waals surface area contributed by atoms with Crippen molar-refractivity contribution in [2.24, 2.45) is 5.92 Å². The molecule has 17 heavy (non-hydrogen) atoms. The van der Waals surface area contributed by atoms with Crippen LogP contribution in [0.15, 0.2) is 35.3 Å². The average Bonchev–Trinajstić information content (AvgIpc) is 2.70. The monoisotopic (exact) mass is 293 g/mol. The molecule has 0 aromatic carbocycles. The van der Waals surface area contributed by atoms with E-state index in [9.17, 15) is 0 Å². The molecule has 88 valence electrons. The molecule has 0 aliphatic carbocycles. The lowest BCUT2D eigenvalue weighted by Gasteiger charge is -2.39. The molecular weight excluding hydrogens is 282 g/mol. The van der Waals surface area contributed by atoms with E-state index in [1.54, 1.807) is 12.4 Å². The van der Waals surface area contributed by atoms with Crippen LogP contribution in [0.3, 0.4) is 0 Å². The normalized spacial score (nSPS) is 15.9. The van der Waals surface area contributed by atoms with Gasteiger partial charge in [0, 0.05) is 44.1 Å². The summed E-state index contributed by atoms with van der Waals surface area (Å²) >= 11 is 3.40. The van der Waals surface area contributed by atoms with E-state index in [1.165, 1.54) is 0 Å². The quantitative estimate of drug-likeness (QED) is 0.862. The molecule has 1 fully saturated rings. The van der Waals surface area contributed by atoms with Crippen LogP contribution in [0, 0.1) is 5.92 Å². The molecule has 0 amide bonds. The Hall–Kier alpha value is -1.43. The summed E-state index contributed by atoms with van der Waals surface area (Å²) in [5, 5.41) is 4.26. The molecular formula is C11H12BrN5. The zero-order valence-corrected chi connectivity index (χ0v) is 10.8. The number of nitrogens with zero attached hydrogens (tertiary/aromatic N) is 5. The van der Waals surface area contributed by atoms with E-state index < -0.39 is 0 Å². The molecule has 1 saturated heterocycles. The highest BCUT2D eigenvalue weighted by atomic mass is 79.9. The molecule has 1 aliphatic rings. The molecule has 2 aromatic heterocycles. The zero-order chi connectivity index (χ0) is 11.7. The van der Waals surface area contributed by atoms with Crippen molar-refractivity contribution in [2.75, 3.05) is 18.0 Å². The Morgan fingerprint density at radius 3 is 2.71 bits per heavy atom. The second-order valence-electron chi connectivity index (χ2n) is 4.20. The van der Waals surface area contributed by atoms with Gasteiger partial charge in [-0.3, -0.25) is 4.68 Å². The topological polar surface area (TPSA) is 46.8 Å². The Balaban J connectivity index is 1.55. The fourth-order valence-electron chi connectivity index (χ4n) is 2.01. The van der Waals surface area contributed by atoms with Gasteiger partial charge in [0.15, 0.2) is 0 Å². The van der Waals surface area contributed by atoms with E-state index in [1.807, 2.05) is 23.1 Å². The van der Waals surface area contributed by atoms with Gasteiger partial charge in [-0.1, -0.05) is 0 Å². The summed E-state index contributed by atoms with van der Waals surface area (Å²) < 4.78 is 3.00. The summed E-state index contributed by atoms with van der Waals surface area (Å²) in [5.74, 6) is 1.45. The maximum Gasteiger partial charge on any atom is 0.225 e. The Kier molecular flexibility index (Phi) is 2.80. The summed E-state index contributed by atoms with van der Waals surface area (Å²) in [5.41, 5.74) is 0. The van der Waals surface area contributed by atoms with E-state index in [-0.39, 0.29) is 0 Å². The molecule has 0 saturated carbocycles. The fourth-order valence-corrected chi connectivity index (χ4v) is 2.33. The molecule has 0 radical (unpaired) electrons. The minimum atomic E-state index is 0.630. The molecule has 0 atom stereocenters. The molecule has 3 heterocycles. The number of halogens is 1. The first kappa shape index (κ1) is 10.7. The number of rotatable bonds is 3. The second-order valence-corrected chi connectivity index (χ2v) is 5.12. The molecule has 0 unspecified atom stereocenters. The maximum absolute atomic E-state index is 4.26. The van der Waals surface area contributed by atoms with Crippen LogP contribution >= 0.6 is 15.9 Å². The van der Waals surface area contributed by atoms with Crippen molar-refractivity contribution < 1.29 is 0 Å². The minimum Gasteiger partial charge on any atom is -0.340 e. The first-order chi connectivity index (χ1) is 8.31. The molecule has 3 rings (SSSR count). The average molecular weight is 294 g/mol. The van der Waals surface area contributed by atoms with Crippen molar-refractivity contribution >= 4 is 21.9 Å². The summed E-state index contributed by atoms with van der Waals surface area (Å²) in [6.07, 6.45) is 7.37. The van der Waals surface area contributed by atoms with E-state index in [0.717, 1.165) is 30.1 Å². The third-order valence-corrected chi connectivity index (χ3v) is 3.25. The van der Waals surface area contributed by atoms with Crippen molar-refractivity contribution in [3.8, 4) is 0 Å². The lowest BCUT2D eigenvalue weighted by molar-refractivity contribution is 0.338. The number of hydrogen-bond acceptors (Lipinski definition) is 4. The van der Waals surface area contributed by atoms with Gasteiger partial charge in [0.2, 0.25) is 5.95 Å². The molecule has 5 nitrogen and oxygen atoms in total. The number of anilines is 1. The van der Waals surface area contributed by atoms with Crippen LogP contribution < -0.4 is 4.90 Å². The van der Waals surface area contributed by atoms with Crippen LogP contribution in [-0.4, -0.2) is 32.8 Å². The summed E-state index contributed by atoms with van der Waals surface area (Å²) in [6.45, 7) is 2.96. The van der Waals surface area contributed by atoms with Gasteiger partial charge in [0.25, 0.3) is 0 Å². The van der Waals surface area contributed by atoms with Gasteiger partial charge in [0.1, 0.15) is 0 Å². The maximum atomic E-state index is 4.26. The van der Waals surface area contributed by atoms with Crippen LogP contribution in [0.5, 0.6) is 0 Å². The zero-order valence-electron chi connectivity index (χ0n) is 9.20. The Bertz CT molecular complexity index is 492. The van der Waals surface area contributed by atoms with E-state index in [0.29, 0.717) is 5.92 Å². The predicted octanol–water partition coefficient (Wildman–Crippen LogP) is 1.57. The van der Waals surface area contributed by atoms with Crippen molar-refractivity contribution in [3.05, 3.63) is 35.3 Å². The summed E-state index contributed by atoms with van der Waals surface area (Å²) in [7, 11) is 0. The lowest BCUT2D eigenvalue weighted by atomic mass is 10.0. The van der Waals surface area contributed by atoms with Crippen LogP contribution in [-0.2, 0) is 6.54 Å². The highest BCUT2D eigenvalue weighted by Gasteiger charge is 2.28. The fraction of sp³-hybridized carbons (Fsp3) is 0.364. The van der Waals surface area contributed by atoms with Crippen molar-refractivity contribution in [3.63, 3.8) is 0 Å². The molecule has 1 aliphatic heterocycles. The van der Waals surface area contributed by atoms with E-state index >= 15 is 0 Å². The van der Waals surface area contributed by atoms with E-state index in [4.69, 9.17) is 0 Å². The Morgan fingerprint density at radius 2 is 2.06 bits per heavy atom. The molecule has 0 bridgehead atoms.